The number of rotatable bonds is 4. The van der Waals surface area contributed by atoms with Crippen LogP contribution in [-0.2, 0) is 0 Å². The number of carboxylic acids is 1. The molecule has 1 N–H and O–H groups in total. The van der Waals surface area contributed by atoms with E-state index >= 15 is 0 Å². The zero-order chi connectivity index (χ0) is 14.9. The smallest absolute Gasteiger partial charge is 0.352 e. The van der Waals surface area contributed by atoms with Crippen LogP contribution in [0.3, 0.4) is 0 Å². The fraction of sp³-hybridized carbons (Fsp3) is 0.312. The maximum Gasteiger partial charge on any atom is 0.352 e. The van der Waals surface area contributed by atoms with E-state index in [0.717, 1.165) is 22.6 Å². The number of hydrogen-bond acceptors (Lipinski definition) is 2. The van der Waals surface area contributed by atoms with E-state index in [1.807, 2.05) is 49.6 Å². The third kappa shape index (κ3) is 2.41. The van der Waals surface area contributed by atoms with Gasteiger partial charge in [-0.3, -0.25) is 0 Å². The Balaban J connectivity index is 2.70. The molecule has 0 atom stereocenters. The first kappa shape index (κ1) is 14.2. The number of nitrogens with zero attached hydrogens (tertiary/aromatic N) is 1. The Morgan fingerprint density at radius 3 is 2.50 bits per heavy atom. The summed E-state index contributed by atoms with van der Waals surface area (Å²) in [6, 6.07) is 9.42. The van der Waals surface area contributed by atoms with Crippen LogP contribution in [0.2, 0.25) is 0 Å². The second kappa shape index (κ2) is 5.41. The lowest BCUT2D eigenvalue weighted by molar-refractivity contribution is 0.0683. The van der Waals surface area contributed by atoms with Gasteiger partial charge in [-0.25, -0.2) is 4.79 Å². The average Bonchev–Trinajstić information content (AvgIpc) is 2.83. The van der Waals surface area contributed by atoms with Crippen molar-refractivity contribution < 1.29 is 14.6 Å². The maximum absolute atomic E-state index is 11.3. The second-order valence-electron chi connectivity index (χ2n) is 5.08. The Kier molecular flexibility index (Phi) is 3.84. The molecule has 0 spiro atoms. The van der Waals surface area contributed by atoms with Crippen LogP contribution in [0.25, 0.3) is 11.3 Å². The molecule has 1 aromatic carbocycles. The van der Waals surface area contributed by atoms with Crippen molar-refractivity contribution in [3.05, 3.63) is 41.6 Å². The van der Waals surface area contributed by atoms with Gasteiger partial charge in [0.25, 0.3) is 0 Å². The summed E-state index contributed by atoms with van der Waals surface area (Å²) in [4.78, 5) is 11.3. The second-order valence-corrected chi connectivity index (χ2v) is 5.08. The Hall–Kier alpha value is -2.23. The number of benzene rings is 1. The molecule has 0 fully saturated rings. The number of aromatic nitrogens is 1. The van der Waals surface area contributed by atoms with E-state index in [1.165, 1.54) is 0 Å². The predicted octanol–water partition coefficient (Wildman–Crippen LogP) is 3.75. The van der Waals surface area contributed by atoms with Crippen molar-refractivity contribution in [2.75, 3.05) is 7.11 Å². The van der Waals surface area contributed by atoms with Gasteiger partial charge in [-0.2, -0.15) is 0 Å². The molecule has 0 aliphatic rings. The molecule has 0 saturated heterocycles. The molecule has 0 amide bonds. The Bertz CT molecular complexity index is 641. The highest BCUT2D eigenvalue weighted by Crippen LogP contribution is 2.34. The van der Waals surface area contributed by atoms with Gasteiger partial charge in [0.15, 0.2) is 0 Å². The van der Waals surface area contributed by atoms with Crippen molar-refractivity contribution in [3.63, 3.8) is 0 Å². The minimum absolute atomic E-state index is 0.0521. The van der Waals surface area contributed by atoms with E-state index in [-0.39, 0.29) is 6.04 Å². The third-order valence-corrected chi connectivity index (χ3v) is 3.28. The maximum atomic E-state index is 11.3. The SMILES string of the molecule is COc1ccc(C)cc1-c1ccc(C(=O)O)n1C(C)C. The summed E-state index contributed by atoms with van der Waals surface area (Å²) in [6.45, 7) is 5.94. The van der Waals surface area contributed by atoms with Crippen LogP contribution in [0.15, 0.2) is 30.3 Å². The highest BCUT2D eigenvalue weighted by molar-refractivity contribution is 5.88. The minimum Gasteiger partial charge on any atom is -0.496 e. The molecule has 1 aromatic heterocycles. The van der Waals surface area contributed by atoms with Crippen molar-refractivity contribution in [1.29, 1.82) is 0 Å². The predicted molar refractivity (Wildman–Crippen MR) is 78.5 cm³/mol. The zero-order valence-corrected chi connectivity index (χ0v) is 12.2. The molecule has 0 aliphatic heterocycles. The Labute approximate surface area is 118 Å². The molecule has 0 unspecified atom stereocenters. The third-order valence-electron chi connectivity index (χ3n) is 3.28. The van der Waals surface area contributed by atoms with Gasteiger partial charge < -0.3 is 14.4 Å². The lowest BCUT2D eigenvalue weighted by Gasteiger charge is -2.17. The van der Waals surface area contributed by atoms with Crippen molar-refractivity contribution in [2.24, 2.45) is 0 Å². The first-order valence-electron chi connectivity index (χ1n) is 6.55. The standard InChI is InChI=1S/C16H19NO3/c1-10(2)17-13(6-7-14(17)16(18)19)12-9-11(3)5-8-15(12)20-4/h5-10H,1-4H3,(H,18,19). The Morgan fingerprint density at radius 1 is 1.25 bits per heavy atom. The number of aromatic carboxylic acids is 1. The molecule has 1 heterocycles. The van der Waals surface area contributed by atoms with Gasteiger partial charge >= 0.3 is 5.97 Å². The van der Waals surface area contributed by atoms with Gasteiger partial charge in [-0.15, -0.1) is 0 Å². The van der Waals surface area contributed by atoms with Gasteiger partial charge in [0.1, 0.15) is 11.4 Å². The van der Waals surface area contributed by atoms with Crippen LogP contribution in [0, 0.1) is 6.92 Å². The van der Waals surface area contributed by atoms with E-state index in [2.05, 4.69) is 0 Å². The number of aryl methyl sites for hydroxylation is 1. The topological polar surface area (TPSA) is 51.5 Å². The lowest BCUT2D eigenvalue weighted by Crippen LogP contribution is -2.12. The first-order chi connectivity index (χ1) is 9.45. The fourth-order valence-electron chi connectivity index (χ4n) is 2.42. The van der Waals surface area contributed by atoms with Crippen LogP contribution in [-0.4, -0.2) is 22.8 Å². The van der Waals surface area contributed by atoms with Crippen LogP contribution in [0.4, 0.5) is 0 Å². The molecule has 4 nitrogen and oxygen atoms in total. The zero-order valence-electron chi connectivity index (χ0n) is 12.2. The highest BCUT2D eigenvalue weighted by Gasteiger charge is 2.19. The molecule has 106 valence electrons. The van der Waals surface area contributed by atoms with Gasteiger partial charge in [0.05, 0.1) is 12.8 Å². The molecule has 0 radical (unpaired) electrons. The van der Waals surface area contributed by atoms with E-state index < -0.39 is 5.97 Å². The van der Waals surface area contributed by atoms with Crippen LogP contribution < -0.4 is 4.74 Å². The normalized spacial score (nSPS) is 10.8. The van der Waals surface area contributed by atoms with Crippen molar-refractivity contribution in [1.82, 2.24) is 4.57 Å². The summed E-state index contributed by atoms with van der Waals surface area (Å²) in [5.41, 5.74) is 3.17. The lowest BCUT2D eigenvalue weighted by atomic mass is 10.1. The van der Waals surface area contributed by atoms with Crippen molar-refractivity contribution in [3.8, 4) is 17.0 Å². The van der Waals surface area contributed by atoms with Crippen LogP contribution in [0.5, 0.6) is 5.75 Å². The summed E-state index contributed by atoms with van der Waals surface area (Å²) in [6.07, 6.45) is 0. The van der Waals surface area contributed by atoms with Crippen LogP contribution >= 0.6 is 0 Å². The number of carbonyl (C=O) groups is 1. The van der Waals surface area contributed by atoms with Gasteiger partial charge in [-0.1, -0.05) is 11.6 Å². The highest BCUT2D eigenvalue weighted by atomic mass is 16.5. The molecule has 0 saturated carbocycles. The van der Waals surface area contributed by atoms with Gasteiger partial charge in [0, 0.05) is 11.6 Å². The molecule has 2 aromatic rings. The molecule has 0 bridgehead atoms. The molecule has 20 heavy (non-hydrogen) atoms. The summed E-state index contributed by atoms with van der Waals surface area (Å²) < 4.78 is 7.22. The van der Waals surface area contributed by atoms with Crippen molar-refractivity contribution >= 4 is 5.97 Å². The molecular formula is C16H19NO3. The fourth-order valence-corrected chi connectivity index (χ4v) is 2.42. The first-order valence-corrected chi connectivity index (χ1v) is 6.55. The molecule has 2 rings (SSSR count). The quantitative estimate of drug-likeness (QED) is 0.923. The number of methoxy groups -OCH3 is 1. The summed E-state index contributed by atoms with van der Waals surface area (Å²) in [5, 5.41) is 9.30. The Morgan fingerprint density at radius 2 is 1.95 bits per heavy atom. The number of carboxylic acid groups (broad SMARTS) is 1. The number of ether oxygens (including phenoxy) is 1. The van der Waals surface area contributed by atoms with Gasteiger partial charge in [-0.05, 0) is 45.0 Å². The molecule has 0 aliphatic carbocycles. The molecular weight excluding hydrogens is 254 g/mol. The average molecular weight is 273 g/mol. The van der Waals surface area contributed by atoms with E-state index in [1.54, 1.807) is 13.2 Å². The van der Waals surface area contributed by atoms with Crippen molar-refractivity contribution in [2.45, 2.75) is 26.8 Å². The van der Waals surface area contributed by atoms with E-state index in [9.17, 15) is 9.90 Å². The van der Waals surface area contributed by atoms with E-state index in [0.29, 0.717) is 5.69 Å². The molecule has 4 heteroatoms. The summed E-state index contributed by atoms with van der Waals surface area (Å²) in [7, 11) is 1.62. The van der Waals surface area contributed by atoms with E-state index in [4.69, 9.17) is 4.74 Å². The largest absolute Gasteiger partial charge is 0.496 e. The summed E-state index contributed by atoms with van der Waals surface area (Å²) >= 11 is 0. The minimum atomic E-state index is -0.920. The summed E-state index contributed by atoms with van der Waals surface area (Å²) in [5.74, 6) is -0.177. The monoisotopic (exact) mass is 273 g/mol. The van der Waals surface area contributed by atoms with Gasteiger partial charge in [0.2, 0.25) is 0 Å². The number of hydrogen-bond donors (Lipinski definition) is 1. The van der Waals surface area contributed by atoms with Crippen LogP contribution in [0.1, 0.15) is 35.9 Å².